The Hall–Kier alpha value is -1.07. The van der Waals surface area contributed by atoms with Crippen molar-refractivity contribution in [2.75, 3.05) is 13.2 Å². The van der Waals surface area contributed by atoms with E-state index in [4.69, 9.17) is 28.4 Å². The minimum Gasteiger partial charge on any atom is -0.479 e. The summed E-state index contributed by atoms with van der Waals surface area (Å²) in [5, 5.41) is 48.4. The maximum atomic E-state index is 11.2. The van der Waals surface area contributed by atoms with E-state index in [0.717, 1.165) is 0 Å². The number of aliphatic hydroxyl groups is 4. The van der Waals surface area contributed by atoms with E-state index in [1.54, 1.807) is 0 Å². The van der Waals surface area contributed by atoms with Crippen molar-refractivity contribution in [1.82, 2.24) is 0 Å². The van der Waals surface area contributed by atoms with Gasteiger partial charge in [-0.1, -0.05) is 0 Å². The van der Waals surface area contributed by atoms with Gasteiger partial charge in [-0.25, -0.2) is 13.2 Å². The van der Waals surface area contributed by atoms with Gasteiger partial charge in [0, 0.05) is 0 Å². The number of hydrogen-bond acceptors (Lipinski definition) is 14. The normalized spacial score (nSPS) is 39.5. The van der Waals surface area contributed by atoms with Crippen LogP contribution in [0.5, 0.6) is 0 Å². The van der Waals surface area contributed by atoms with Gasteiger partial charge in [-0.3, -0.25) is 9.11 Å². The Morgan fingerprint density at radius 3 is 1.97 bits per heavy atom. The van der Waals surface area contributed by atoms with E-state index in [-0.39, 0.29) is 0 Å². The van der Waals surface area contributed by atoms with E-state index in [2.05, 4.69) is 8.37 Å². The van der Waals surface area contributed by atoms with Gasteiger partial charge in [-0.15, -0.1) is 0 Å². The molecule has 0 bridgehead atoms. The molecule has 17 nitrogen and oxygen atoms in total. The summed E-state index contributed by atoms with van der Waals surface area (Å²) >= 11 is 0. The van der Waals surface area contributed by atoms with Crippen molar-refractivity contribution in [3.8, 4) is 0 Å². The Morgan fingerprint density at radius 2 is 1.48 bits per heavy atom. The molecule has 2 aliphatic rings. The molecular formula is C12H20O17S2. The lowest BCUT2D eigenvalue weighted by atomic mass is 9.98. The largest absolute Gasteiger partial charge is 0.479 e. The molecule has 9 unspecified atom stereocenters. The number of carboxylic acid groups (broad SMARTS) is 1. The van der Waals surface area contributed by atoms with Gasteiger partial charge in [0.1, 0.15) is 36.6 Å². The standard InChI is InChI=1S/C12H20O17S2/c13-1-3-5(14)8(4(26-3)2-25-30(19,20)21)27-12-10(29-31(22,23)24)7(16)6(15)9(28-12)11(17)18/h3-10,12-16H,1-2H2,(H,17,18)(H,19,20,21)(H,22,23,24). The maximum absolute atomic E-state index is 11.2. The molecule has 0 aromatic rings. The van der Waals surface area contributed by atoms with Gasteiger partial charge in [0.25, 0.3) is 0 Å². The fraction of sp³-hybridized carbons (Fsp3) is 0.917. The van der Waals surface area contributed by atoms with Gasteiger partial charge in [0.15, 0.2) is 18.5 Å². The van der Waals surface area contributed by atoms with Crippen molar-refractivity contribution >= 4 is 26.8 Å². The summed E-state index contributed by atoms with van der Waals surface area (Å²) in [6.07, 6.45) is -17.6. The maximum Gasteiger partial charge on any atom is 0.397 e. The zero-order valence-corrected chi connectivity index (χ0v) is 16.8. The summed E-state index contributed by atoms with van der Waals surface area (Å²) in [5.74, 6) is -1.81. The number of aliphatic carboxylic acids is 1. The average Bonchev–Trinajstić information content (AvgIpc) is 2.92. The molecule has 31 heavy (non-hydrogen) atoms. The number of carbonyl (C=O) groups is 1. The predicted octanol–water partition coefficient (Wildman–Crippen LogP) is -4.97. The van der Waals surface area contributed by atoms with Crippen LogP contribution in [0.1, 0.15) is 0 Å². The molecule has 2 heterocycles. The number of carboxylic acids is 1. The molecule has 9 atom stereocenters. The molecular weight excluding hydrogens is 480 g/mol. The molecule has 2 rings (SSSR count). The average molecular weight is 500 g/mol. The van der Waals surface area contributed by atoms with Crippen LogP contribution in [0.25, 0.3) is 0 Å². The number of ether oxygens (including phenoxy) is 3. The Balaban J connectivity index is 2.31. The first kappa shape index (κ1) is 26.2. The number of rotatable bonds is 9. The third-order valence-corrected chi connectivity index (χ3v) is 5.21. The Labute approximate surface area is 174 Å². The topological polar surface area (TPSA) is 273 Å². The summed E-state index contributed by atoms with van der Waals surface area (Å²) in [5.41, 5.74) is 0. The van der Waals surface area contributed by atoms with E-state index in [1.807, 2.05) is 0 Å². The highest BCUT2D eigenvalue weighted by Gasteiger charge is 2.54. The van der Waals surface area contributed by atoms with Gasteiger partial charge < -0.3 is 39.7 Å². The van der Waals surface area contributed by atoms with Gasteiger partial charge >= 0.3 is 26.8 Å². The molecule has 7 N–H and O–H groups in total. The third kappa shape index (κ3) is 6.71. The van der Waals surface area contributed by atoms with E-state index in [1.165, 1.54) is 0 Å². The summed E-state index contributed by atoms with van der Waals surface area (Å²) in [7, 11) is -10.3. The van der Waals surface area contributed by atoms with Crippen LogP contribution in [0.2, 0.25) is 0 Å². The molecule has 182 valence electrons. The van der Waals surface area contributed by atoms with Crippen LogP contribution in [0, 0.1) is 0 Å². The zero-order chi connectivity index (χ0) is 23.7. The van der Waals surface area contributed by atoms with Gasteiger partial charge in [0.05, 0.1) is 13.2 Å². The summed E-state index contributed by atoms with van der Waals surface area (Å²) < 4.78 is 84.8. The van der Waals surface area contributed by atoms with Gasteiger partial charge in [-0.2, -0.15) is 16.8 Å². The SMILES string of the molecule is O=C(O)C1OC(OC2C(COS(=O)(=O)O)OC(CO)C2O)C(OS(=O)(=O)O)C(O)C1O. The van der Waals surface area contributed by atoms with Crippen molar-refractivity contribution in [1.29, 1.82) is 0 Å². The lowest BCUT2D eigenvalue weighted by Gasteiger charge is -2.41. The molecule has 0 aromatic carbocycles. The van der Waals surface area contributed by atoms with Crippen molar-refractivity contribution < 1.29 is 78.8 Å². The van der Waals surface area contributed by atoms with E-state index in [0.29, 0.717) is 0 Å². The fourth-order valence-electron chi connectivity index (χ4n) is 2.97. The molecule has 0 aliphatic carbocycles. The van der Waals surface area contributed by atoms with Gasteiger partial charge in [0.2, 0.25) is 0 Å². The van der Waals surface area contributed by atoms with Crippen molar-refractivity contribution in [2.24, 2.45) is 0 Å². The second kappa shape index (κ2) is 9.82. The summed E-state index contributed by atoms with van der Waals surface area (Å²) in [6, 6.07) is 0. The molecule has 19 heteroatoms. The molecule has 0 amide bonds. The highest BCUT2D eigenvalue weighted by Crippen LogP contribution is 2.31. The van der Waals surface area contributed by atoms with Crippen molar-refractivity contribution in [3.05, 3.63) is 0 Å². The molecule has 0 saturated carbocycles. The number of aliphatic hydroxyl groups excluding tert-OH is 4. The molecule has 2 saturated heterocycles. The first-order valence-electron chi connectivity index (χ1n) is 8.26. The van der Waals surface area contributed by atoms with E-state index < -0.39 is 95.1 Å². The molecule has 2 fully saturated rings. The van der Waals surface area contributed by atoms with Crippen LogP contribution in [0.15, 0.2) is 0 Å². The first-order chi connectivity index (χ1) is 14.1. The minimum atomic E-state index is -5.31. The second-order valence-corrected chi connectivity index (χ2v) is 8.57. The Morgan fingerprint density at radius 1 is 0.871 bits per heavy atom. The fourth-order valence-corrected chi connectivity index (χ4v) is 3.76. The van der Waals surface area contributed by atoms with E-state index >= 15 is 0 Å². The molecule has 2 aliphatic heterocycles. The van der Waals surface area contributed by atoms with Crippen LogP contribution in [0.3, 0.4) is 0 Å². The van der Waals surface area contributed by atoms with Crippen molar-refractivity contribution in [3.63, 3.8) is 0 Å². The lowest BCUT2D eigenvalue weighted by molar-refractivity contribution is -0.306. The van der Waals surface area contributed by atoms with Crippen LogP contribution < -0.4 is 0 Å². The smallest absolute Gasteiger partial charge is 0.397 e. The summed E-state index contributed by atoms with van der Waals surface area (Å²) in [4.78, 5) is 11.2. The van der Waals surface area contributed by atoms with E-state index in [9.17, 15) is 42.1 Å². The number of hydrogen-bond donors (Lipinski definition) is 7. The van der Waals surface area contributed by atoms with Crippen LogP contribution in [-0.4, -0.2) is 126 Å². The highest BCUT2D eigenvalue weighted by atomic mass is 32.3. The third-order valence-electron chi connectivity index (χ3n) is 4.31. The predicted molar refractivity (Wildman–Crippen MR) is 88.9 cm³/mol. The minimum absolute atomic E-state index is 0.820. The lowest BCUT2D eigenvalue weighted by Crippen LogP contribution is -2.62. The highest BCUT2D eigenvalue weighted by molar-refractivity contribution is 7.81. The Bertz CT molecular complexity index is 841. The monoisotopic (exact) mass is 500 g/mol. The quantitative estimate of drug-likeness (QED) is 0.146. The van der Waals surface area contributed by atoms with Crippen molar-refractivity contribution in [2.45, 2.75) is 55.1 Å². The van der Waals surface area contributed by atoms with Gasteiger partial charge in [-0.05, 0) is 0 Å². The van der Waals surface area contributed by atoms with Crippen LogP contribution in [-0.2, 0) is 48.2 Å². The molecule has 0 spiro atoms. The molecule has 0 aromatic heterocycles. The first-order valence-corrected chi connectivity index (χ1v) is 11.0. The summed E-state index contributed by atoms with van der Waals surface area (Å²) in [6.45, 7) is -1.81. The van der Waals surface area contributed by atoms with Crippen LogP contribution >= 0.6 is 0 Å². The zero-order valence-electron chi connectivity index (χ0n) is 15.1. The van der Waals surface area contributed by atoms with Crippen LogP contribution in [0.4, 0.5) is 0 Å². The second-order valence-electron chi connectivity index (χ2n) is 6.43. The Kier molecular flexibility index (Phi) is 8.30. The molecule has 0 radical (unpaired) electrons.